The number of carboxylic acid groups (broad SMARTS) is 5. The number of hydrogen-bond acceptors (Lipinski definition) is 23. The van der Waals surface area contributed by atoms with E-state index in [0.717, 1.165) is 40.2 Å². The molecular weight excluding hydrogens is 916 g/mol. The Morgan fingerprint density at radius 1 is 0.574 bits per heavy atom. The minimum Gasteiger partial charge on any atom is -0.481 e. The van der Waals surface area contributed by atoms with E-state index in [1.165, 1.54) is 0 Å². The molecule has 5 rings (SSSR count). The number of benzene rings is 1. The van der Waals surface area contributed by atoms with Crippen LogP contribution in [0.25, 0.3) is 0 Å². The summed E-state index contributed by atoms with van der Waals surface area (Å²) < 4.78 is 35.9. The fourth-order valence-corrected chi connectivity index (χ4v) is 6.76. The van der Waals surface area contributed by atoms with Crippen molar-refractivity contribution >= 4 is 29.8 Å². The number of hydrogen-bond donors (Lipinski definition) is 16. The van der Waals surface area contributed by atoms with Crippen molar-refractivity contribution in [1.29, 1.82) is 0 Å². The summed E-state index contributed by atoms with van der Waals surface area (Å²) in [5, 5.41) is 100. The Hall–Kier alpha value is -4.15. The minimum absolute atomic E-state index is 0.149. The Morgan fingerprint density at radius 3 is 1.51 bits per heavy atom. The van der Waals surface area contributed by atoms with Gasteiger partial charge in [0.25, 0.3) is 29.8 Å². The lowest BCUT2D eigenvalue weighted by atomic mass is 9.84. The highest BCUT2D eigenvalue weighted by atomic mass is 16.8. The number of nitrogens with two attached hydrogens (primary N) is 5. The lowest BCUT2D eigenvalue weighted by Gasteiger charge is -2.44. The van der Waals surface area contributed by atoms with E-state index in [1.807, 2.05) is 30.3 Å². The van der Waals surface area contributed by atoms with E-state index in [4.69, 9.17) is 107 Å². The predicted octanol–water partition coefficient (Wildman–Crippen LogP) is -5.63. The third-order valence-corrected chi connectivity index (χ3v) is 9.45. The molecule has 68 heavy (non-hydrogen) atoms. The fraction of sp³-hybridized carbons (Fsp3) is 0.725. The summed E-state index contributed by atoms with van der Waals surface area (Å²) in [5.74, 6) is -4.17. The van der Waals surface area contributed by atoms with Crippen molar-refractivity contribution < 1.29 is 109 Å². The average molecular weight is 989 g/mol. The van der Waals surface area contributed by atoms with Gasteiger partial charge in [0, 0.05) is 72.9 Å². The largest absolute Gasteiger partial charge is 0.481 e. The number of ether oxygens (including phenoxy) is 6. The SMILES string of the molecule is CC(=O)O.CC(=O)O.CC(=O)O.CC(=O)O.CC(=O)O.NC[C@@H]1O[C@H](O[C@H]2[C@@H](O)[C@H](O[C@@H]3[C@@H](O)[C@H](N)C[C@H](N)[C@H]3O[C@H]3O[C@H](CO)CN(Cc4ccccc4)C[C@H]3N)O[C@@H]2CO)[C@H](N)[C@@H](O)[C@@H]1O. The molecule has 0 bridgehead atoms. The first-order valence-electron chi connectivity index (χ1n) is 20.9. The summed E-state index contributed by atoms with van der Waals surface area (Å²) >= 11 is 0. The number of carbonyl (C=O) groups is 5. The Morgan fingerprint density at radius 2 is 1.04 bits per heavy atom. The van der Waals surface area contributed by atoms with Crippen LogP contribution < -0.4 is 28.7 Å². The molecule has 3 aliphatic heterocycles. The number of nitrogens with zero attached hydrogens (tertiary/aromatic N) is 1. The minimum atomic E-state index is -1.57. The molecule has 1 aromatic carbocycles. The molecular formula is C40H72N6O22. The lowest BCUT2D eigenvalue weighted by molar-refractivity contribution is -0.284. The van der Waals surface area contributed by atoms with Gasteiger partial charge < -0.3 is 113 Å². The monoisotopic (exact) mass is 988 g/mol. The first-order valence-corrected chi connectivity index (χ1v) is 20.9. The second kappa shape index (κ2) is 32.6. The van der Waals surface area contributed by atoms with Crippen LogP contribution in [0.15, 0.2) is 30.3 Å². The zero-order valence-corrected chi connectivity index (χ0v) is 38.4. The second-order valence-corrected chi connectivity index (χ2v) is 15.7. The molecule has 3 saturated heterocycles. The second-order valence-electron chi connectivity index (χ2n) is 15.7. The molecule has 1 aliphatic carbocycles. The summed E-state index contributed by atoms with van der Waals surface area (Å²) in [4.78, 5) is 47.1. The van der Waals surface area contributed by atoms with Crippen LogP contribution in [0.1, 0.15) is 46.6 Å². The van der Waals surface area contributed by atoms with E-state index in [2.05, 4.69) is 4.90 Å². The molecule has 17 atom stereocenters. The molecule has 28 nitrogen and oxygen atoms in total. The van der Waals surface area contributed by atoms with Gasteiger partial charge in [-0.15, -0.1) is 0 Å². The van der Waals surface area contributed by atoms with Gasteiger partial charge in [-0.1, -0.05) is 30.3 Å². The summed E-state index contributed by atoms with van der Waals surface area (Å²) in [6.45, 7) is 5.65. The van der Waals surface area contributed by atoms with Crippen molar-refractivity contribution in [3.05, 3.63) is 35.9 Å². The molecule has 4 fully saturated rings. The van der Waals surface area contributed by atoms with Gasteiger partial charge in [0.15, 0.2) is 18.9 Å². The number of aliphatic hydroxyl groups excluding tert-OH is 6. The Balaban J connectivity index is 0.00000190. The highest BCUT2D eigenvalue weighted by Crippen LogP contribution is 2.34. The maximum Gasteiger partial charge on any atom is 0.300 e. The fourth-order valence-electron chi connectivity index (χ4n) is 6.76. The normalized spacial score (nSPS) is 34.3. The van der Waals surface area contributed by atoms with E-state index in [-0.39, 0.29) is 19.6 Å². The highest BCUT2D eigenvalue weighted by Gasteiger charge is 2.53. The predicted molar refractivity (Wildman–Crippen MR) is 233 cm³/mol. The number of aliphatic carboxylic acids is 5. The van der Waals surface area contributed by atoms with E-state index >= 15 is 0 Å². The zero-order chi connectivity index (χ0) is 52.6. The van der Waals surface area contributed by atoms with Crippen molar-refractivity contribution in [3.63, 3.8) is 0 Å². The number of carboxylic acids is 5. The molecule has 1 saturated carbocycles. The third-order valence-electron chi connectivity index (χ3n) is 9.45. The summed E-state index contributed by atoms with van der Waals surface area (Å²) in [5.41, 5.74) is 32.0. The standard InChI is InChI=1S/C30H52N6O12.5C2H4O2/c31-7-18-22(40)23(41)20(35)29(44-18)47-26-19(12-38)45-30(24(26)42)48-27-21(39)15(32)6-16(33)25(27)46-28-17(34)10-36(9-14(11-37)43-28)8-13-4-2-1-3-5-13;5*1-2(3)4/h1-5,14-30,37-42H,6-12,31-35H2;5*1H3,(H,3,4)/t14-,15+,16-,17+,18-,19+,20+,21-,22+,23+,24+,25+,26+,27+,28+,29+,30-;;;;;/m0...../s1. The van der Waals surface area contributed by atoms with Crippen LogP contribution in [0, 0.1) is 0 Å². The molecule has 21 N–H and O–H groups in total. The van der Waals surface area contributed by atoms with Crippen molar-refractivity contribution in [2.75, 3.05) is 32.8 Å². The Kier molecular flexibility index (Phi) is 30.6. The molecule has 394 valence electrons. The Labute approximate surface area is 392 Å². The molecule has 1 aromatic rings. The van der Waals surface area contributed by atoms with Crippen molar-refractivity contribution in [2.24, 2.45) is 28.7 Å². The molecule has 0 unspecified atom stereocenters. The van der Waals surface area contributed by atoms with Crippen LogP contribution in [0.2, 0.25) is 0 Å². The van der Waals surface area contributed by atoms with Crippen LogP contribution in [0.3, 0.4) is 0 Å². The lowest BCUT2D eigenvalue weighted by Crippen LogP contribution is -2.65. The van der Waals surface area contributed by atoms with Gasteiger partial charge in [0.2, 0.25) is 0 Å². The van der Waals surface area contributed by atoms with Crippen molar-refractivity contribution in [1.82, 2.24) is 4.90 Å². The number of rotatable bonds is 11. The van der Waals surface area contributed by atoms with E-state index in [0.29, 0.717) is 19.6 Å². The molecule has 0 spiro atoms. The molecule has 0 amide bonds. The molecule has 28 heteroatoms. The topological polar surface area (TPSA) is 497 Å². The molecule has 4 aliphatic rings. The van der Waals surface area contributed by atoms with Crippen LogP contribution in [0.4, 0.5) is 0 Å². The number of aliphatic hydroxyl groups is 6. The zero-order valence-electron chi connectivity index (χ0n) is 38.4. The van der Waals surface area contributed by atoms with Crippen molar-refractivity contribution in [3.8, 4) is 0 Å². The quantitative estimate of drug-likeness (QED) is 0.0983. The Bertz CT molecular complexity index is 1530. The average Bonchev–Trinajstić information content (AvgIpc) is 3.42. The van der Waals surface area contributed by atoms with Crippen LogP contribution in [-0.2, 0) is 58.9 Å². The summed E-state index contributed by atoms with van der Waals surface area (Å²) in [6, 6.07) is 6.27. The van der Waals surface area contributed by atoms with Crippen LogP contribution >= 0.6 is 0 Å². The summed E-state index contributed by atoms with van der Waals surface area (Å²) in [6.07, 6.45) is -15.8. The third kappa shape index (κ3) is 23.9. The van der Waals surface area contributed by atoms with Gasteiger partial charge in [0.05, 0.1) is 37.5 Å². The van der Waals surface area contributed by atoms with Gasteiger partial charge in [-0.05, 0) is 12.0 Å². The van der Waals surface area contributed by atoms with Gasteiger partial charge in [0.1, 0.15) is 48.8 Å². The highest BCUT2D eigenvalue weighted by molar-refractivity contribution is 5.64. The van der Waals surface area contributed by atoms with Gasteiger partial charge in [-0.3, -0.25) is 28.9 Å². The maximum absolute atomic E-state index is 11.3. The molecule has 0 radical (unpaired) electrons. The van der Waals surface area contributed by atoms with Gasteiger partial charge in [-0.2, -0.15) is 0 Å². The van der Waals surface area contributed by atoms with Crippen molar-refractivity contribution in [2.45, 2.75) is 152 Å². The van der Waals surface area contributed by atoms with Gasteiger partial charge in [-0.25, -0.2) is 0 Å². The van der Waals surface area contributed by atoms with E-state index in [1.54, 1.807) is 0 Å². The molecule has 0 aromatic heterocycles. The summed E-state index contributed by atoms with van der Waals surface area (Å²) in [7, 11) is 0. The van der Waals surface area contributed by atoms with E-state index in [9.17, 15) is 30.6 Å². The molecule has 3 heterocycles. The maximum atomic E-state index is 11.3. The first-order chi connectivity index (χ1) is 31.6. The van der Waals surface area contributed by atoms with Crippen LogP contribution in [0.5, 0.6) is 0 Å². The van der Waals surface area contributed by atoms with Gasteiger partial charge >= 0.3 is 0 Å². The van der Waals surface area contributed by atoms with Crippen LogP contribution in [-0.4, -0.2) is 228 Å². The first kappa shape index (κ1) is 63.8. The van der Waals surface area contributed by atoms with E-state index < -0.39 is 141 Å². The smallest absolute Gasteiger partial charge is 0.300 e.